The fourth-order valence-corrected chi connectivity index (χ4v) is 6.41. The van der Waals surface area contributed by atoms with Gasteiger partial charge < -0.3 is 19.9 Å². The molecule has 0 spiro atoms. The number of anilines is 2. The van der Waals surface area contributed by atoms with E-state index in [-0.39, 0.29) is 11.9 Å². The van der Waals surface area contributed by atoms with E-state index in [0.29, 0.717) is 23.6 Å². The molecule has 0 radical (unpaired) electrons. The zero-order valence-corrected chi connectivity index (χ0v) is 19.5. The van der Waals surface area contributed by atoms with E-state index in [4.69, 9.17) is 4.74 Å². The van der Waals surface area contributed by atoms with Crippen LogP contribution in [0.25, 0.3) is 0 Å². The van der Waals surface area contributed by atoms with Gasteiger partial charge in [-0.2, -0.15) is 13.2 Å². The lowest BCUT2D eigenvalue weighted by Crippen LogP contribution is -2.35. The van der Waals surface area contributed by atoms with Crippen LogP contribution >= 0.6 is 0 Å². The molecule has 5 rings (SSSR count). The first-order valence-corrected chi connectivity index (χ1v) is 12.6. The molecule has 1 aromatic heterocycles. The van der Waals surface area contributed by atoms with Gasteiger partial charge in [0.2, 0.25) is 0 Å². The Bertz CT molecular complexity index is 802. The van der Waals surface area contributed by atoms with Crippen LogP contribution in [0.15, 0.2) is 6.07 Å². The van der Waals surface area contributed by atoms with Gasteiger partial charge in [-0.05, 0) is 68.3 Å². The van der Waals surface area contributed by atoms with E-state index in [0.717, 1.165) is 90.4 Å². The molecule has 4 heterocycles. The maximum absolute atomic E-state index is 13.9. The predicted octanol–water partition coefficient (Wildman–Crippen LogP) is 4.28. The number of alkyl halides is 3. The number of aromatic nitrogens is 2. The van der Waals surface area contributed by atoms with Gasteiger partial charge >= 0.3 is 6.18 Å². The van der Waals surface area contributed by atoms with Crippen molar-refractivity contribution in [1.29, 1.82) is 0 Å². The summed E-state index contributed by atoms with van der Waals surface area (Å²) in [5.74, 6) is 2.51. The van der Waals surface area contributed by atoms with Crippen molar-refractivity contribution in [1.82, 2.24) is 15.1 Å². The number of fused-ring (bicyclic) bond motifs is 1. The van der Waals surface area contributed by atoms with E-state index < -0.39 is 11.7 Å². The standard InChI is InChI=1S/C24H36F3N5O/c1-16-3-2-6-32(12-16)22-11-21(24(25,26)27)23(30-29-22)28-20-9-18-14-31(15-19(18)10-20)13-17-4-7-33-8-5-17/h11,16-20H,2-10,12-15H2,1H3,(H,28,30)/t16-,18-,19-/m1/s1. The van der Waals surface area contributed by atoms with E-state index in [1.807, 2.05) is 4.90 Å². The lowest BCUT2D eigenvalue weighted by Gasteiger charge is -2.32. The summed E-state index contributed by atoms with van der Waals surface area (Å²) in [6.07, 6.45) is 1.71. The largest absolute Gasteiger partial charge is 0.420 e. The molecule has 0 aromatic carbocycles. The second-order valence-corrected chi connectivity index (χ2v) is 10.8. The second-order valence-electron chi connectivity index (χ2n) is 10.8. The van der Waals surface area contributed by atoms with Gasteiger partial charge in [0.25, 0.3) is 0 Å². The van der Waals surface area contributed by atoms with Gasteiger partial charge in [-0.1, -0.05) is 6.92 Å². The number of nitrogens with zero attached hydrogens (tertiary/aromatic N) is 4. The van der Waals surface area contributed by atoms with Gasteiger partial charge in [-0.3, -0.25) is 0 Å². The highest BCUT2D eigenvalue weighted by molar-refractivity contribution is 5.53. The van der Waals surface area contributed by atoms with E-state index in [1.165, 1.54) is 6.07 Å². The molecule has 1 aromatic rings. The fraction of sp³-hybridized carbons (Fsp3) is 0.833. The first-order chi connectivity index (χ1) is 15.8. The first-order valence-electron chi connectivity index (χ1n) is 12.6. The third-order valence-electron chi connectivity index (χ3n) is 8.09. The molecule has 0 amide bonds. The fourth-order valence-electron chi connectivity index (χ4n) is 6.41. The van der Waals surface area contributed by atoms with Crippen molar-refractivity contribution in [3.63, 3.8) is 0 Å². The number of ether oxygens (including phenoxy) is 1. The van der Waals surface area contributed by atoms with Crippen LogP contribution in [0.4, 0.5) is 24.8 Å². The van der Waals surface area contributed by atoms with Gasteiger partial charge in [0, 0.05) is 52.0 Å². The second kappa shape index (κ2) is 9.56. The van der Waals surface area contributed by atoms with Crippen LogP contribution in [0.1, 0.15) is 51.0 Å². The zero-order chi connectivity index (χ0) is 23.0. The van der Waals surface area contributed by atoms with Crippen LogP contribution in [0, 0.1) is 23.7 Å². The molecule has 0 bridgehead atoms. The van der Waals surface area contributed by atoms with E-state index in [2.05, 4.69) is 27.3 Å². The highest BCUT2D eigenvalue weighted by Gasteiger charge is 2.43. The molecular weight excluding hydrogens is 431 g/mol. The maximum Gasteiger partial charge on any atom is 0.420 e. The Kier molecular flexibility index (Phi) is 6.71. The summed E-state index contributed by atoms with van der Waals surface area (Å²) in [4.78, 5) is 4.50. The minimum absolute atomic E-state index is 0.0292. The van der Waals surface area contributed by atoms with Crippen molar-refractivity contribution >= 4 is 11.6 Å². The van der Waals surface area contributed by atoms with E-state index in [9.17, 15) is 13.2 Å². The molecule has 184 valence electrons. The van der Waals surface area contributed by atoms with Gasteiger partial charge in [0.1, 0.15) is 5.56 Å². The molecule has 4 fully saturated rings. The molecule has 4 aliphatic rings. The summed E-state index contributed by atoms with van der Waals surface area (Å²) in [5.41, 5.74) is -0.691. The topological polar surface area (TPSA) is 53.5 Å². The lowest BCUT2D eigenvalue weighted by molar-refractivity contribution is -0.137. The molecule has 1 saturated carbocycles. The first kappa shape index (κ1) is 23.1. The Balaban J connectivity index is 1.21. The van der Waals surface area contributed by atoms with Gasteiger partial charge in [0.15, 0.2) is 11.6 Å². The van der Waals surface area contributed by atoms with Gasteiger partial charge in [-0.25, -0.2) is 0 Å². The summed E-state index contributed by atoms with van der Waals surface area (Å²) in [7, 11) is 0. The number of hydrogen-bond acceptors (Lipinski definition) is 6. The average Bonchev–Trinajstić information content (AvgIpc) is 3.32. The Morgan fingerprint density at radius 1 is 1.06 bits per heavy atom. The Labute approximate surface area is 194 Å². The summed E-state index contributed by atoms with van der Waals surface area (Å²) in [6, 6.07) is 1.22. The molecule has 1 N–H and O–H groups in total. The summed E-state index contributed by atoms with van der Waals surface area (Å²) in [6.45, 7) is 8.59. The van der Waals surface area contributed by atoms with Crippen LogP contribution in [-0.2, 0) is 10.9 Å². The van der Waals surface area contributed by atoms with Crippen molar-refractivity contribution in [3.8, 4) is 0 Å². The lowest BCUT2D eigenvalue weighted by atomic mass is 10.00. The van der Waals surface area contributed by atoms with Crippen molar-refractivity contribution in [2.45, 2.75) is 57.7 Å². The van der Waals surface area contributed by atoms with Crippen LogP contribution in [0.3, 0.4) is 0 Å². The highest BCUT2D eigenvalue weighted by atomic mass is 19.4. The number of hydrogen-bond donors (Lipinski definition) is 1. The molecule has 9 heteroatoms. The Morgan fingerprint density at radius 3 is 2.45 bits per heavy atom. The molecule has 0 unspecified atom stereocenters. The maximum atomic E-state index is 13.9. The number of rotatable bonds is 5. The predicted molar refractivity (Wildman–Crippen MR) is 121 cm³/mol. The van der Waals surface area contributed by atoms with E-state index in [1.54, 1.807) is 0 Å². The SMILES string of the molecule is C[C@@H]1CCCN(c2cc(C(F)(F)F)c(NC3C[C@@H]4CN(CC5CCOCC5)C[C@H]4C3)nn2)C1. The Hall–Kier alpha value is -1.61. The quantitative estimate of drug-likeness (QED) is 0.698. The van der Waals surface area contributed by atoms with E-state index >= 15 is 0 Å². The summed E-state index contributed by atoms with van der Waals surface area (Å²) >= 11 is 0. The molecule has 3 saturated heterocycles. The van der Waals surface area contributed by atoms with Crippen molar-refractivity contribution < 1.29 is 17.9 Å². The number of likely N-dealkylation sites (tertiary alicyclic amines) is 1. The van der Waals surface area contributed by atoms with Crippen molar-refractivity contribution in [2.24, 2.45) is 23.7 Å². The molecule has 33 heavy (non-hydrogen) atoms. The summed E-state index contributed by atoms with van der Waals surface area (Å²) in [5, 5.41) is 11.4. The zero-order valence-electron chi connectivity index (χ0n) is 19.5. The van der Waals surface area contributed by atoms with Crippen molar-refractivity contribution in [3.05, 3.63) is 11.6 Å². The Morgan fingerprint density at radius 2 is 1.79 bits per heavy atom. The molecule has 3 aliphatic heterocycles. The van der Waals surface area contributed by atoms with Crippen LogP contribution in [0.5, 0.6) is 0 Å². The third-order valence-corrected chi connectivity index (χ3v) is 8.09. The number of piperidine rings is 1. The molecule has 3 atom stereocenters. The highest BCUT2D eigenvalue weighted by Crippen LogP contribution is 2.42. The van der Waals surface area contributed by atoms with Crippen LogP contribution in [-0.4, -0.2) is 67.1 Å². The minimum Gasteiger partial charge on any atom is -0.381 e. The van der Waals surface area contributed by atoms with Crippen molar-refractivity contribution in [2.75, 3.05) is 56.2 Å². The molecule has 6 nitrogen and oxygen atoms in total. The monoisotopic (exact) mass is 467 g/mol. The van der Waals surface area contributed by atoms with Gasteiger partial charge in [-0.15, -0.1) is 10.2 Å². The third kappa shape index (κ3) is 5.39. The smallest absolute Gasteiger partial charge is 0.381 e. The summed E-state index contributed by atoms with van der Waals surface area (Å²) < 4.78 is 47.2. The average molecular weight is 468 g/mol. The van der Waals surface area contributed by atoms with Crippen LogP contribution < -0.4 is 10.2 Å². The number of halogens is 3. The number of nitrogens with one attached hydrogen (secondary N) is 1. The normalized spacial score (nSPS) is 30.1. The van der Waals surface area contributed by atoms with Crippen LogP contribution in [0.2, 0.25) is 0 Å². The minimum atomic E-state index is -4.45. The molecular formula is C24H36F3N5O. The van der Waals surface area contributed by atoms with Gasteiger partial charge in [0.05, 0.1) is 0 Å². The molecule has 1 aliphatic carbocycles.